The predicted octanol–water partition coefficient (Wildman–Crippen LogP) is 3.01. The van der Waals surface area contributed by atoms with E-state index in [2.05, 4.69) is 29.2 Å². The summed E-state index contributed by atoms with van der Waals surface area (Å²) in [6, 6.07) is 1.93. The number of aryl methyl sites for hydroxylation is 1. The van der Waals surface area contributed by atoms with Crippen LogP contribution in [0.3, 0.4) is 0 Å². The van der Waals surface area contributed by atoms with Crippen LogP contribution in [0.25, 0.3) is 0 Å². The average Bonchev–Trinajstić information content (AvgIpc) is 2.46. The topological polar surface area (TPSA) is 63.8 Å². The number of aromatic nitrogens is 2. The normalized spacial score (nSPS) is 23.9. The molecule has 4 heteroatoms. The van der Waals surface area contributed by atoms with Gasteiger partial charge in [-0.05, 0) is 25.2 Å². The van der Waals surface area contributed by atoms with Crippen LogP contribution in [-0.2, 0) is 6.42 Å². The van der Waals surface area contributed by atoms with Gasteiger partial charge in [0.15, 0.2) is 0 Å². The van der Waals surface area contributed by atoms with Crippen LogP contribution in [0.2, 0.25) is 0 Å². The summed E-state index contributed by atoms with van der Waals surface area (Å²) in [6.45, 7) is 4.39. The van der Waals surface area contributed by atoms with Gasteiger partial charge in [0.05, 0.1) is 0 Å². The SMILES string of the molecule is CCc1cc(NN)nc(C2CCCC(CC)C2)n1. The van der Waals surface area contributed by atoms with Gasteiger partial charge in [0.25, 0.3) is 0 Å². The molecule has 3 N–H and O–H groups in total. The highest BCUT2D eigenvalue weighted by Crippen LogP contribution is 2.36. The number of hydrogen-bond donors (Lipinski definition) is 2. The van der Waals surface area contributed by atoms with Gasteiger partial charge in [0.1, 0.15) is 11.6 Å². The molecule has 0 aliphatic heterocycles. The molecule has 0 aromatic carbocycles. The number of rotatable bonds is 4. The van der Waals surface area contributed by atoms with Crippen molar-refractivity contribution in [3.8, 4) is 0 Å². The predicted molar refractivity (Wildman–Crippen MR) is 74.2 cm³/mol. The molecule has 1 heterocycles. The first-order chi connectivity index (χ1) is 8.76. The third-order valence-corrected chi connectivity index (χ3v) is 4.03. The van der Waals surface area contributed by atoms with Gasteiger partial charge in [0.2, 0.25) is 0 Å². The van der Waals surface area contributed by atoms with Gasteiger partial charge in [-0.15, -0.1) is 0 Å². The quantitative estimate of drug-likeness (QED) is 0.635. The third kappa shape index (κ3) is 2.99. The van der Waals surface area contributed by atoms with Crippen molar-refractivity contribution in [1.82, 2.24) is 9.97 Å². The molecule has 18 heavy (non-hydrogen) atoms. The van der Waals surface area contributed by atoms with Crippen LogP contribution in [0.15, 0.2) is 6.07 Å². The monoisotopic (exact) mass is 248 g/mol. The second-order valence-electron chi connectivity index (χ2n) is 5.24. The first-order valence-corrected chi connectivity index (χ1v) is 7.11. The van der Waals surface area contributed by atoms with Gasteiger partial charge in [-0.25, -0.2) is 15.8 Å². The Morgan fingerprint density at radius 1 is 1.33 bits per heavy atom. The van der Waals surface area contributed by atoms with Crippen molar-refractivity contribution in [3.63, 3.8) is 0 Å². The number of hydrazine groups is 1. The Morgan fingerprint density at radius 2 is 2.17 bits per heavy atom. The van der Waals surface area contributed by atoms with Crippen molar-refractivity contribution in [1.29, 1.82) is 0 Å². The van der Waals surface area contributed by atoms with Gasteiger partial charge in [-0.3, -0.25) is 0 Å². The third-order valence-electron chi connectivity index (χ3n) is 4.03. The number of nitrogens with zero attached hydrogens (tertiary/aromatic N) is 2. The minimum absolute atomic E-state index is 0.516. The fraction of sp³-hybridized carbons (Fsp3) is 0.714. The summed E-state index contributed by atoms with van der Waals surface area (Å²) in [7, 11) is 0. The number of nitrogens with one attached hydrogen (secondary N) is 1. The Morgan fingerprint density at radius 3 is 2.83 bits per heavy atom. The second-order valence-corrected chi connectivity index (χ2v) is 5.24. The van der Waals surface area contributed by atoms with Crippen molar-refractivity contribution in [3.05, 3.63) is 17.6 Å². The molecule has 1 aliphatic carbocycles. The first kappa shape index (κ1) is 13.3. The van der Waals surface area contributed by atoms with Gasteiger partial charge < -0.3 is 5.43 Å². The summed E-state index contributed by atoms with van der Waals surface area (Å²) < 4.78 is 0. The molecule has 0 spiro atoms. The summed E-state index contributed by atoms with van der Waals surface area (Å²) in [6.07, 6.45) is 7.30. The Kier molecular flexibility index (Phi) is 4.53. The van der Waals surface area contributed by atoms with Crippen LogP contribution in [0.1, 0.15) is 63.4 Å². The Bertz CT molecular complexity index is 369. The van der Waals surface area contributed by atoms with Gasteiger partial charge in [-0.2, -0.15) is 0 Å². The van der Waals surface area contributed by atoms with E-state index in [0.717, 1.165) is 29.7 Å². The first-order valence-electron chi connectivity index (χ1n) is 7.11. The molecule has 100 valence electrons. The van der Waals surface area contributed by atoms with Crippen LogP contribution in [0.5, 0.6) is 0 Å². The van der Waals surface area contributed by atoms with Crippen molar-refractivity contribution in [2.75, 3.05) is 5.43 Å². The Hall–Kier alpha value is -1.16. The summed E-state index contributed by atoms with van der Waals surface area (Å²) in [4.78, 5) is 9.23. The summed E-state index contributed by atoms with van der Waals surface area (Å²) in [5, 5.41) is 0. The lowest BCUT2D eigenvalue weighted by Gasteiger charge is -2.27. The smallest absolute Gasteiger partial charge is 0.143 e. The molecule has 0 saturated heterocycles. The molecule has 1 aromatic rings. The van der Waals surface area contributed by atoms with E-state index in [1.165, 1.54) is 32.1 Å². The minimum atomic E-state index is 0.516. The van der Waals surface area contributed by atoms with Crippen molar-refractivity contribution in [2.45, 2.75) is 58.3 Å². The molecule has 0 radical (unpaired) electrons. The maximum Gasteiger partial charge on any atom is 0.143 e. The highest BCUT2D eigenvalue weighted by molar-refractivity contribution is 5.35. The van der Waals surface area contributed by atoms with Crippen molar-refractivity contribution >= 4 is 5.82 Å². The lowest BCUT2D eigenvalue weighted by atomic mass is 9.80. The van der Waals surface area contributed by atoms with Gasteiger partial charge in [-0.1, -0.05) is 33.1 Å². The molecule has 4 nitrogen and oxygen atoms in total. The molecule has 2 rings (SSSR count). The number of hydrogen-bond acceptors (Lipinski definition) is 4. The van der Waals surface area contributed by atoms with Crippen molar-refractivity contribution in [2.24, 2.45) is 11.8 Å². The van der Waals surface area contributed by atoms with Gasteiger partial charge in [0, 0.05) is 17.7 Å². The zero-order chi connectivity index (χ0) is 13.0. The van der Waals surface area contributed by atoms with Gasteiger partial charge >= 0.3 is 0 Å². The molecule has 0 bridgehead atoms. The van der Waals surface area contributed by atoms with Crippen LogP contribution < -0.4 is 11.3 Å². The summed E-state index contributed by atoms with van der Waals surface area (Å²) in [5.41, 5.74) is 3.73. The zero-order valence-electron chi connectivity index (χ0n) is 11.4. The maximum absolute atomic E-state index is 5.49. The fourth-order valence-electron chi connectivity index (χ4n) is 2.85. The molecule has 2 unspecified atom stereocenters. The van der Waals surface area contributed by atoms with E-state index in [-0.39, 0.29) is 0 Å². The molecule has 2 atom stereocenters. The average molecular weight is 248 g/mol. The van der Waals surface area contributed by atoms with Crippen LogP contribution >= 0.6 is 0 Å². The Labute approximate surface area is 109 Å². The van der Waals surface area contributed by atoms with E-state index in [1.54, 1.807) is 0 Å². The van der Waals surface area contributed by atoms with Crippen LogP contribution in [0.4, 0.5) is 5.82 Å². The van der Waals surface area contributed by atoms with E-state index in [0.29, 0.717) is 5.92 Å². The molecule has 0 amide bonds. The number of nitrogens with two attached hydrogens (primary N) is 1. The lowest BCUT2D eigenvalue weighted by Crippen LogP contribution is -2.18. The molecule has 1 fully saturated rings. The largest absolute Gasteiger partial charge is 0.308 e. The molecular weight excluding hydrogens is 224 g/mol. The van der Waals surface area contributed by atoms with Crippen molar-refractivity contribution < 1.29 is 0 Å². The molecule has 1 aliphatic rings. The highest BCUT2D eigenvalue weighted by atomic mass is 15.3. The molecular formula is C14H24N4. The maximum atomic E-state index is 5.49. The van der Waals surface area contributed by atoms with Crippen LogP contribution in [0, 0.1) is 5.92 Å². The molecule has 1 saturated carbocycles. The van der Waals surface area contributed by atoms with E-state index < -0.39 is 0 Å². The van der Waals surface area contributed by atoms with E-state index in [4.69, 9.17) is 5.84 Å². The summed E-state index contributed by atoms with van der Waals surface area (Å²) in [5.74, 6) is 8.57. The fourth-order valence-corrected chi connectivity index (χ4v) is 2.85. The van der Waals surface area contributed by atoms with E-state index >= 15 is 0 Å². The highest BCUT2D eigenvalue weighted by Gasteiger charge is 2.24. The lowest BCUT2D eigenvalue weighted by molar-refractivity contribution is 0.307. The summed E-state index contributed by atoms with van der Waals surface area (Å²) >= 11 is 0. The molecule has 1 aromatic heterocycles. The van der Waals surface area contributed by atoms with E-state index in [1.807, 2.05) is 6.07 Å². The second kappa shape index (κ2) is 6.14. The standard InChI is InChI=1S/C14H24N4/c1-3-10-6-5-7-11(8-10)14-16-12(4-2)9-13(17-14)18-15/h9-11H,3-8,15H2,1-2H3,(H,16,17,18). The zero-order valence-corrected chi connectivity index (χ0v) is 11.4. The number of anilines is 1. The minimum Gasteiger partial charge on any atom is -0.308 e. The Balaban J connectivity index is 2.20. The van der Waals surface area contributed by atoms with Crippen LogP contribution in [-0.4, -0.2) is 9.97 Å². The van der Waals surface area contributed by atoms with E-state index in [9.17, 15) is 0 Å². The number of nitrogen functional groups attached to an aromatic ring is 1.